The molecule has 4 nitrogen and oxygen atoms in total. The van der Waals surface area contributed by atoms with E-state index in [-0.39, 0.29) is 0 Å². The molecule has 5 heteroatoms. The van der Waals surface area contributed by atoms with E-state index in [0.29, 0.717) is 17.0 Å². The van der Waals surface area contributed by atoms with Crippen molar-refractivity contribution >= 4 is 13.9 Å². The number of anilines is 1. The van der Waals surface area contributed by atoms with Crippen molar-refractivity contribution in [3.8, 4) is 5.75 Å². The second-order valence-corrected chi connectivity index (χ2v) is 2.96. The van der Waals surface area contributed by atoms with Crippen molar-refractivity contribution in [1.82, 2.24) is 0 Å². The van der Waals surface area contributed by atoms with Gasteiger partial charge in [0, 0.05) is 15.8 Å². The lowest BCUT2D eigenvalue weighted by atomic mass is 10.2. The Balaban J connectivity index is 3.00. The smallest absolute Gasteiger partial charge is 0.398 e. The van der Waals surface area contributed by atoms with Gasteiger partial charge in [0.05, 0.1) is 0 Å². The Hall–Kier alpha value is -1.12. The van der Waals surface area contributed by atoms with Crippen molar-refractivity contribution in [1.29, 1.82) is 0 Å². The quantitative estimate of drug-likeness (QED) is 0.543. The van der Waals surface area contributed by atoms with Crippen LogP contribution in [0.1, 0.15) is 5.56 Å². The monoisotopic (exact) mass is 186 g/mol. The van der Waals surface area contributed by atoms with Gasteiger partial charge in [-0.3, -0.25) is 0 Å². The van der Waals surface area contributed by atoms with Gasteiger partial charge in [-0.2, -0.15) is 0 Å². The summed E-state index contributed by atoms with van der Waals surface area (Å²) in [5.41, 5.74) is 6.76. The number of hydrogen-bond donors (Lipinski definition) is 2. The third kappa shape index (κ3) is 1.94. The molecule has 0 radical (unpaired) electrons. The molecule has 0 fully saturated rings. The van der Waals surface area contributed by atoms with Crippen molar-refractivity contribution in [2.45, 2.75) is 6.92 Å². The molecule has 64 valence electrons. The molecule has 0 amide bonds. The second kappa shape index (κ2) is 3.52. The Morgan fingerprint density at radius 1 is 1.58 bits per heavy atom. The van der Waals surface area contributed by atoms with Crippen LogP contribution in [-0.2, 0) is 4.57 Å². The van der Waals surface area contributed by atoms with Gasteiger partial charge in [0.25, 0.3) is 0 Å². The molecule has 1 atom stereocenters. The average molecular weight is 186 g/mol. The molecule has 0 aliphatic carbocycles. The van der Waals surface area contributed by atoms with E-state index in [2.05, 4.69) is 4.52 Å². The van der Waals surface area contributed by atoms with Crippen LogP contribution in [-0.4, -0.2) is 4.89 Å². The maximum absolute atomic E-state index is 10.3. The minimum absolute atomic E-state index is 0.346. The van der Waals surface area contributed by atoms with E-state index in [1.165, 1.54) is 0 Å². The van der Waals surface area contributed by atoms with Gasteiger partial charge in [-0.05, 0) is 19.1 Å². The molecule has 12 heavy (non-hydrogen) atoms. The van der Waals surface area contributed by atoms with Crippen LogP contribution >= 0.6 is 8.25 Å². The molecule has 1 unspecified atom stereocenters. The molecule has 1 aromatic rings. The topological polar surface area (TPSA) is 72.5 Å². The average Bonchev–Trinajstić information content (AvgIpc) is 1.98. The lowest BCUT2D eigenvalue weighted by molar-refractivity contribution is 0.409. The van der Waals surface area contributed by atoms with Crippen LogP contribution in [0.25, 0.3) is 0 Å². The van der Waals surface area contributed by atoms with Crippen LogP contribution in [0.3, 0.4) is 0 Å². The largest absolute Gasteiger partial charge is 0.747 e. The van der Waals surface area contributed by atoms with Gasteiger partial charge < -0.3 is 5.73 Å². The van der Waals surface area contributed by atoms with Crippen LogP contribution in [0.2, 0.25) is 0 Å². The molecule has 1 aromatic carbocycles. The Labute approximate surface area is 70.9 Å². The van der Waals surface area contributed by atoms with Gasteiger partial charge in [-0.15, -0.1) is 4.89 Å². The molecule has 0 aliphatic heterocycles. The Morgan fingerprint density at radius 2 is 2.25 bits per heavy atom. The van der Waals surface area contributed by atoms with Crippen molar-refractivity contribution in [3.05, 3.63) is 23.8 Å². The Morgan fingerprint density at radius 3 is 2.83 bits per heavy atom. The van der Waals surface area contributed by atoms with E-state index < -0.39 is 8.25 Å². The number of benzene rings is 1. The van der Waals surface area contributed by atoms with Crippen molar-refractivity contribution in [2.75, 3.05) is 5.73 Å². The molecule has 1 rings (SSSR count). The van der Waals surface area contributed by atoms with Crippen molar-refractivity contribution in [3.63, 3.8) is 0 Å². The molecule has 3 N–H and O–H groups in total. The van der Waals surface area contributed by atoms with Crippen LogP contribution in [0.15, 0.2) is 18.2 Å². The van der Waals surface area contributed by atoms with Crippen molar-refractivity contribution < 1.29 is 14.0 Å². The highest BCUT2D eigenvalue weighted by atomic mass is 31.1. The van der Waals surface area contributed by atoms with Gasteiger partial charge in [0.1, 0.15) is 0 Å². The summed E-state index contributed by atoms with van der Waals surface area (Å²) in [6.07, 6.45) is 0. The summed E-state index contributed by atoms with van der Waals surface area (Å²) in [6, 6.07) is 4.96. The summed E-state index contributed by atoms with van der Waals surface area (Å²) in [5.74, 6) is 0.346. The first-order valence-corrected chi connectivity index (χ1v) is 4.43. The van der Waals surface area contributed by atoms with E-state index in [1.54, 1.807) is 25.1 Å². The van der Waals surface area contributed by atoms with Gasteiger partial charge in [0.2, 0.25) is 0 Å². The summed E-state index contributed by atoms with van der Waals surface area (Å²) >= 11 is 0. The zero-order valence-corrected chi connectivity index (χ0v) is 7.41. The molecule has 0 aromatic heterocycles. The molecule has 0 spiro atoms. The highest BCUT2D eigenvalue weighted by Gasteiger charge is 2.16. The van der Waals surface area contributed by atoms with Gasteiger partial charge in [0.15, 0.2) is 5.75 Å². The fourth-order valence-corrected chi connectivity index (χ4v) is 1.18. The fourth-order valence-electron chi connectivity index (χ4n) is 0.814. The predicted molar refractivity (Wildman–Crippen MR) is 46.0 cm³/mol. The Bertz CT molecular complexity index is 314. The van der Waals surface area contributed by atoms with Crippen LogP contribution in [0, 0.1) is 6.92 Å². The summed E-state index contributed by atoms with van der Waals surface area (Å²) < 4.78 is 14.9. The van der Waals surface area contributed by atoms with E-state index in [4.69, 9.17) is 10.6 Å². The third-order valence-electron chi connectivity index (χ3n) is 1.50. The molecule has 0 aliphatic rings. The predicted octanol–water partition coefficient (Wildman–Crippen LogP) is 1.61. The molecule has 0 heterocycles. The number of nitrogen functional groups attached to an aromatic ring is 1. The lowest BCUT2D eigenvalue weighted by Crippen LogP contribution is -1.91. The zero-order chi connectivity index (χ0) is 9.14. The minimum atomic E-state index is -2.61. The number of rotatable bonds is 2. The summed E-state index contributed by atoms with van der Waals surface area (Å²) in [6.45, 7) is 1.73. The SMILES string of the molecule is Cc1c(N)cccc1O[P+](=O)O. The van der Waals surface area contributed by atoms with E-state index in [0.717, 1.165) is 0 Å². The van der Waals surface area contributed by atoms with Crippen LogP contribution in [0.5, 0.6) is 5.75 Å². The highest BCUT2D eigenvalue weighted by molar-refractivity contribution is 7.32. The molecule has 0 bridgehead atoms. The summed E-state index contributed by atoms with van der Waals surface area (Å²) in [4.78, 5) is 8.47. The first-order chi connectivity index (χ1) is 5.61. The minimum Gasteiger partial charge on any atom is -0.398 e. The maximum Gasteiger partial charge on any atom is 0.747 e. The molecular weight excluding hydrogens is 177 g/mol. The van der Waals surface area contributed by atoms with Crippen LogP contribution in [0.4, 0.5) is 5.69 Å². The van der Waals surface area contributed by atoms with Gasteiger partial charge in [-0.1, -0.05) is 6.07 Å². The van der Waals surface area contributed by atoms with E-state index in [9.17, 15) is 4.57 Å². The molecule has 0 saturated carbocycles. The molecular formula is C7H9NO3P+. The van der Waals surface area contributed by atoms with Gasteiger partial charge in [-0.25, -0.2) is 4.52 Å². The van der Waals surface area contributed by atoms with E-state index in [1.807, 2.05) is 0 Å². The first kappa shape index (κ1) is 8.97. The number of hydrogen-bond acceptors (Lipinski definition) is 3. The summed E-state index contributed by atoms with van der Waals surface area (Å²) in [5, 5.41) is 0. The second-order valence-electron chi connectivity index (χ2n) is 2.30. The van der Waals surface area contributed by atoms with Crippen LogP contribution < -0.4 is 10.3 Å². The van der Waals surface area contributed by atoms with Crippen molar-refractivity contribution in [2.24, 2.45) is 0 Å². The number of nitrogens with two attached hydrogens (primary N) is 1. The first-order valence-electron chi connectivity index (χ1n) is 3.30. The van der Waals surface area contributed by atoms with E-state index >= 15 is 0 Å². The van der Waals surface area contributed by atoms with Gasteiger partial charge >= 0.3 is 8.25 Å². The lowest BCUT2D eigenvalue weighted by Gasteiger charge is -2.00. The normalized spacial score (nSPS) is 11.0. The third-order valence-corrected chi connectivity index (χ3v) is 1.86. The maximum atomic E-state index is 10.3. The Kier molecular flexibility index (Phi) is 2.63. The fraction of sp³-hybridized carbons (Fsp3) is 0.143. The standard InChI is InChI=1S/C7H8NO3P/c1-5-6(8)3-2-4-7(5)11-12(9)10/h2-4H,8H2,1H3/p+1. The molecule has 0 saturated heterocycles. The summed E-state index contributed by atoms with van der Waals surface area (Å²) in [7, 11) is -2.61. The highest BCUT2D eigenvalue weighted by Crippen LogP contribution is 2.29. The zero-order valence-electron chi connectivity index (χ0n) is 6.52.